The van der Waals surface area contributed by atoms with Crippen molar-refractivity contribution in [3.63, 3.8) is 0 Å². The molecule has 0 radical (unpaired) electrons. The Balaban J connectivity index is 5.21. The Labute approximate surface area is 568 Å². The summed E-state index contributed by atoms with van der Waals surface area (Å²) in [7, 11) is -9.91. The standard InChI is InChI=1S/C74H144O17P2/c1-9-65(6)51-43-35-27-23-20-21-24-28-38-46-54-71(76)84-60-70(91-74(79)57-49-41-33-31-37-45-53-67(8)11-3)63-89-93(82,83)87-59-68(75)58-86-92(80,81)88-62-69(61-85-72(77)55-47-39-32-30-36-44-52-66(7)10-2)90-73(78)56-48-40-29-25-19-17-15-13-12-14-16-18-22-26-34-42-50-64(4)5/h64-70,75H,9-63H2,1-8H3,(H,80,81)(H,82,83)/t65?,66?,67?,68-,69+,70+/m0/s1. The highest BCUT2D eigenvalue weighted by atomic mass is 31.2. The normalized spacial score (nSPS) is 15.1. The lowest BCUT2D eigenvalue weighted by Crippen LogP contribution is -2.30. The van der Waals surface area contributed by atoms with Gasteiger partial charge < -0.3 is 33.8 Å². The lowest BCUT2D eigenvalue weighted by atomic mass is 9.99. The zero-order valence-electron chi connectivity index (χ0n) is 60.9. The molecule has 0 aliphatic carbocycles. The van der Waals surface area contributed by atoms with Gasteiger partial charge in [0.2, 0.25) is 0 Å². The van der Waals surface area contributed by atoms with Gasteiger partial charge in [-0.1, -0.05) is 319 Å². The first-order valence-electron chi connectivity index (χ1n) is 38.3. The number of aliphatic hydroxyl groups excluding tert-OH is 1. The van der Waals surface area contributed by atoms with Gasteiger partial charge in [0.1, 0.15) is 19.3 Å². The van der Waals surface area contributed by atoms with Crippen molar-refractivity contribution in [2.45, 2.75) is 388 Å². The van der Waals surface area contributed by atoms with Crippen LogP contribution in [0.2, 0.25) is 0 Å². The molecular weight excluding hydrogens is 1220 g/mol. The van der Waals surface area contributed by atoms with Crippen molar-refractivity contribution in [1.29, 1.82) is 0 Å². The molecule has 0 heterocycles. The molecule has 0 amide bonds. The van der Waals surface area contributed by atoms with E-state index in [0.29, 0.717) is 25.7 Å². The summed E-state index contributed by atoms with van der Waals surface area (Å²) in [5, 5.41) is 10.6. The van der Waals surface area contributed by atoms with E-state index in [1.165, 1.54) is 167 Å². The summed E-state index contributed by atoms with van der Waals surface area (Å²) in [4.78, 5) is 72.7. The van der Waals surface area contributed by atoms with E-state index in [0.717, 1.165) is 120 Å². The van der Waals surface area contributed by atoms with Gasteiger partial charge in [0.05, 0.1) is 26.4 Å². The van der Waals surface area contributed by atoms with Crippen molar-refractivity contribution < 1.29 is 80.2 Å². The molecule has 19 heteroatoms. The van der Waals surface area contributed by atoms with Crippen LogP contribution in [0.15, 0.2) is 0 Å². The van der Waals surface area contributed by atoms with Crippen molar-refractivity contribution >= 4 is 39.5 Å². The summed E-state index contributed by atoms with van der Waals surface area (Å²) >= 11 is 0. The Morgan fingerprint density at radius 2 is 0.516 bits per heavy atom. The van der Waals surface area contributed by atoms with Crippen LogP contribution in [0.5, 0.6) is 0 Å². The molecule has 0 aromatic heterocycles. The first-order chi connectivity index (χ1) is 44.7. The van der Waals surface area contributed by atoms with Crippen molar-refractivity contribution in [1.82, 2.24) is 0 Å². The number of carbonyl (C=O) groups excluding carboxylic acids is 4. The third kappa shape index (κ3) is 64.5. The van der Waals surface area contributed by atoms with Crippen LogP contribution in [0.25, 0.3) is 0 Å². The lowest BCUT2D eigenvalue weighted by molar-refractivity contribution is -0.161. The highest BCUT2D eigenvalue weighted by Crippen LogP contribution is 2.45. The summed E-state index contributed by atoms with van der Waals surface area (Å²) in [6.45, 7) is 14.2. The number of carbonyl (C=O) groups is 4. The molecule has 0 aromatic rings. The van der Waals surface area contributed by atoms with E-state index in [2.05, 4.69) is 55.4 Å². The fraction of sp³-hybridized carbons (Fsp3) is 0.946. The molecule has 3 N–H and O–H groups in total. The Kier molecular flexibility index (Phi) is 62.2. The largest absolute Gasteiger partial charge is 0.472 e. The molecule has 8 atom stereocenters. The summed E-state index contributed by atoms with van der Waals surface area (Å²) in [6.07, 6.45) is 47.2. The summed E-state index contributed by atoms with van der Waals surface area (Å²) in [5.41, 5.74) is 0. The van der Waals surface area contributed by atoms with E-state index in [1.54, 1.807) is 0 Å². The van der Waals surface area contributed by atoms with Gasteiger partial charge >= 0.3 is 39.5 Å². The quantitative estimate of drug-likeness (QED) is 0.0222. The number of rotatable bonds is 71. The maximum atomic E-state index is 13.0. The van der Waals surface area contributed by atoms with Gasteiger partial charge in [-0.05, 0) is 49.4 Å². The van der Waals surface area contributed by atoms with Gasteiger partial charge in [0, 0.05) is 25.7 Å². The third-order valence-corrected chi connectivity index (χ3v) is 20.1. The number of phosphoric ester groups is 2. The van der Waals surface area contributed by atoms with Gasteiger partial charge in [-0.15, -0.1) is 0 Å². The molecule has 0 aliphatic heterocycles. The van der Waals surface area contributed by atoms with Crippen LogP contribution in [0.3, 0.4) is 0 Å². The number of hydrogen-bond acceptors (Lipinski definition) is 15. The minimum atomic E-state index is -4.96. The number of esters is 4. The Morgan fingerprint density at radius 1 is 0.301 bits per heavy atom. The van der Waals surface area contributed by atoms with Crippen LogP contribution in [0, 0.1) is 23.7 Å². The van der Waals surface area contributed by atoms with Crippen molar-refractivity contribution in [3.05, 3.63) is 0 Å². The summed E-state index contributed by atoms with van der Waals surface area (Å²) in [5.74, 6) is 0.942. The molecular formula is C74H144O17P2. The molecule has 0 aromatic carbocycles. The molecule has 93 heavy (non-hydrogen) atoms. The minimum Gasteiger partial charge on any atom is -0.462 e. The number of unbranched alkanes of at least 4 members (excludes halogenated alkanes) is 34. The molecule has 5 unspecified atom stereocenters. The molecule has 0 fully saturated rings. The first kappa shape index (κ1) is 91.1. The second kappa shape index (κ2) is 63.5. The Hall–Kier alpha value is -1.94. The lowest BCUT2D eigenvalue weighted by Gasteiger charge is -2.21. The van der Waals surface area contributed by atoms with Crippen LogP contribution < -0.4 is 0 Å². The predicted molar refractivity (Wildman–Crippen MR) is 377 cm³/mol. The highest BCUT2D eigenvalue weighted by Gasteiger charge is 2.30. The van der Waals surface area contributed by atoms with Crippen LogP contribution in [0.4, 0.5) is 0 Å². The van der Waals surface area contributed by atoms with Gasteiger partial charge in [-0.25, -0.2) is 9.13 Å². The second-order valence-corrected chi connectivity index (χ2v) is 30.8. The number of hydrogen-bond donors (Lipinski definition) is 3. The van der Waals surface area contributed by atoms with E-state index in [4.69, 9.17) is 37.0 Å². The number of phosphoric acid groups is 2. The molecule has 0 saturated carbocycles. The molecule has 0 bridgehead atoms. The molecule has 0 spiro atoms. The van der Waals surface area contributed by atoms with Gasteiger partial charge in [0.15, 0.2) is 12.2 Å². The number of ether oxygens (including phenoxy) is 4. The average molecular weight is 1370 g/mol. The molecule has 0 saturated heterocycles. The fourth-order valence-corrected chi connectivity index (χ4v) is 12.7. The second-order valence-electron chi connectivity index (χ2n) is 27.9. The zero-order valence-corrected chi connectivity index (χ0v) is 62.7. The topological polar surface area (TPSA) is 237 Å². The molecule has 0 aliphatic rings. The SMILES string of the molecule is CCC(C)CCCCCCCCCCCCC(=O)OC[C@H](COP(=O)(O)OC[C@@H](O)COP(=O)(O)OC[C@@H](COC(=O)CCCCCCCCC(C)CC)OC(=O)CCCCCCCCCCCCCCCCCCC(C)C)OC(=O)CCCCCCCCC(C)CC. The van der Waals surface area contributed by atoms with E-state index in [-0.39, 0.29) is 25.7 Å². The van der Waals surface area contributed by atoms with Crippen LogP contribution in [-0.2, 0) is 65.4 Å². The molecule has 17 nitrogen and oxygen atoms in total. The minimum absolute atomic E-state index is 0.102. The van der Waals surface area contributed by atoms with E-state index in [1.807, 2.05) is 0 Å². The van der Waals surface area contributed by atoms with Crippen LogP contribution in [-0.4, -0.2) is 96.7 Å². The number of aliphatic hydroxyl groups is 1. The van der Waals surface area contributed by atoms with Crippen molar-refractivity contribution in [2.75, 3.05) is 39.6 Å². The Morgan fingerprint density at radius 3 is 0.763 bits per heavy atom. The van der Waals surface area contributed by atoms with Crippen LogP contribution in [0.1, 0.15) is 370 Å². The molecule has 0 rings (SSSR count). The van der Waals surface area contributed by atoms with Crippen molar-refractivity contribution in [2.24, 2.45) is 23.7 Å². The highest BCUT2D eigenvalue weighted by molar-refractivity contribution is 7.47. The smallest absolute Gasteiger partial charge is 0.462 e. The van der Waals surface area contributed by atoms with Crippen LogP contribution >= 0.6 is 15.6 Å². The predicted octanol–water partition coefficient (Wildman–Crippen LogP) is 21.3. The summed E-state index contributed by atoms with van der Waals surface area (Å²) < 4.78 is 68.4. The Bertz CT molecular complexity index is 1840. The van der Waals surface area contributed by atoms with Crippen molar-refractivity contribution in [3.8, 4) is 0 Å². The van der Waals surface area contributed by atoms with Gasteiger partial charge in [-0.3, -0.25) is 37.3 Å². The average Bonchev–Trinajstić information content (AvgIpc) is 2.12. The zero-order chi connectivity index (χ0) is 68.9. The summed E-state index contributed by atoms with van der Waals surface area (Å²) in [6, 6.07) is 0. The maximum absolute atomic E-state index is 13.0. The first-order valence-corrected chi connectivity index (χ1v) is 41.3. The molecule has 552 valence electrons. The maximum Gasteiger partial charge on any atom is 0.472 e. The third-order valence-electron chi connectivity index (χ3n) is 18.2. The van der Waals surface area contributed by atoms with E-state index < -0.39 is 97.5 Å². The van der Waals surface area contributed by atoms with E-state index in [9.17, 15) is 43.2 Å². The van der Waals surface area contributed by atoms with E-state index >= 15 is 0 Å². The monoisotopic (exact) mass is 1370 g/mol. The van der Waals surface area contributed by atoms with Gasteiger partial charge in [-0.2, -0.15) is 0 Å². The fourth-order valence-electron chi connectivity index (χ4n) is 11.1. The van der Waals surface area contributed by atoms with Gasteiger partial charge in [0.25, 0.3) is 0 Å².